The van der Waals surface area contributed by atoms with E-state index in [1.807, 2.05) is 34.0 Å². The Hall–Kier alpha value is -0.900. The Morgan fingerprint density at radius 3 is 2.57 bits per heavy atom. The fraction of sp³-hybridized carbons (Fsp3) is 0.667. The SMILES string of the molecule is CCc1cnc(CNC(=NC)N(C)CC(=O)NC(C)(C)C)s1.I. The van der Waals surface area contributed by atoms with Crippen molar-refractivity contribution in [3.05, 3.63) is 16.1 Å². The number of aryl methyl sites for hydroxylation is 1. The molecular formula is C15H28IN5OS. The second-order valence-electron chi connectivity index (χ2n) is 6.13. The normalized spacial score (nSPS) is 11.7. The lowest BCUT2D eigenvalue weighted by Gasteiger charge is -2.25. The molecule has 23 heavy (non-hydrogen) atoms. The number of aliphatic imine (C=N–C) groups is 1. The highest BCUT2D eigenvalue weighted by atomic mass is 127. The quantitative estimate of drug-likeness (QED) is 0.408. The Kier molecular flexibility index (Phi) is 9.67. The lowest BCUT2D eigenvalue weighted by molar-refractivity contribution is -0.122. The van der Waals surface area contributed by atoms with Gasteiger partial charge in [-0.1, -0.05) is 6.92 Å². The summed E-state index contributed by atoms with van der Waals surface area (Å²) < 4.78 is 0. The molecular weight excluding hydrogens is 425 g/mol. The first-order valence-electron chi connectivity index (χ1n) is 7.41. The smallest absolute Gasteiger partial charge is 0.240 e. The van der Waals surface area contributed by atoms with Crippen molar-refractivity contribution in [3.63, 3.8) is 0 Å². The van der Waals surface area contributed by atoms with E-state index in [4.69, 9.17) is 0 Å². The third-order valence-corrected chi connectivity index (χ3v) is 3.96. The number of guanidine groups is 1. The molecule has 6 nitrogen and oxygen atoms in total. The van der Waals surface area contributed by atoms with Crippen molar-refractivity contribution < 1.29 is 4.79 Å². The van der Waals surface area contributed by atoms with Gasteiger partial charge in [-0.2, -0.15) is 0 Å². The number of aromatic nitrogens is 1. The van der Waals surface area contributed by atoms with Crippen molar-refractivity contribution in [1.29, 1.82) is 0 Å². The van der Waals surface area contributed by atoms with E-state index in [1.165, 1.54) is 4.88 Å². The first kappa shape index (κ1) is 22.1. The van der Waals surface area contributed by atoms with E-state index in [9.17, 15) is 4.79 Å². The number of nitrogens with one attached hydrogen (secondary N) is 2. The van der Waals surface area contributed by atoms with Gasteiger partial charge in [0.15, 0.2) is 5.96 Å². The van der Waals surface area contributed by atoms with Crippen LogP contribution in [0.2, 0.25) is 0 Å². The van der Waals surface area contributed by atoms with Crippen molar-refractivity contribution in [3.8, 4) is 0 Å². The molecule has 132 valence electrons. The zero-order chi connectivity index (χ0) is 16.8. The second kappa shape index (κ2) is 10.1. The molecule has 0 saturated carbocycles. The maximum atomic E-state index is 12.0. The van der Waals surface area contributed by atoms with E-state index < -0.39 is 0 Å². The number of nitrogens with zero attached hydrogens (tertiary/aromatic N) is 3. The zero-order valence-corrected chi connectivity index (χ0v) is 17.9. The summed E-state index contributed by atoms with van der Waals surface area (Å²) in [6, 6.07) is 0. The van der Waals surface area contributed by atoms with Crippen LogP contribution in [-0.4, -0.2) is 47.9 Å². The van der Waals surface area contributed by atoms with Crippen LogP contribution >= 0.6 is 35.3 Å². The molecule has 0 radical (unpaired) electrons. The van der Waals surface area contributed by atoms with Crippen molar-refractivity contribution in [2.45, 2.75) is 46.2 Å². The van der Waals surface area contributed by atoms with Gasteiger partial charge in [0.05, 0.1) is 13.1 Å². The molecule has 2 N–H and O–H groups in total. The number of likely N-dealkylation sites (N-methyl/N-ethyl adjacent to an activating group) is 1. The number of halogens is 1. The van der Waals surface area contributed by atoms with Crippen molar-refractivity contribution >= 4 is 47.2 Å². The van der Waals surface area contributed by atoms with Gasteiger partial charge in [0.1, 0.15) is 5.01 Å². The van der Waals surface area contributed by atoms with Gasteiger partial charge in [-0.25, -0.2) is 4.98 Å². The standard InChI is InChI=1S/C15H27N5OS.HI/c1-7-11-8-17-13(22-11)9-18-14(16-5)20(6)10-12(21)19-15(2,3)4;/h8H,7,9-10H2,1-6H3,(H,16,18)(H,19,21);1H. The predicted molar refractivity (Wildman–Crippen MR) is 108 cm³/mol. The van der Waals surface area contributed by atoms with Crippen LogP contribution < -0.4 is 10.6 Å². The number of thiazole rings is 1. The maximum absolute atomic E-state index is 12.0. The Morgan fingerprint density at radius 2 is 2.09 bits per heavy atom. The number of carbonyl (C=O) groups is 1. The van der Waals surface area contributed by atoms with E-state index in [0.717, 1.165) is 11.4 Å². The molecule has 0 aromatic carbocycles. The Labute approximate surface area is 160 Å². The molecule has 0 unspecified atom stereocenters. The largest absolute Gasteiger partial charge is 0.350 e. The molecule has 0 aliphatic rings. The molecule has 0 atom stereocenters. The van der Waals surface area contributed by atoms with Gasteiger partial charge in [-0.3, -0.25) is 9.79 Å². The van der Waals surface area contributed by atoms with Crippen molar-refractivity contribution in [2.24, 2.45) is 4.99 Å². The molecule has 1 rings (SSSR count). The molecule has 8 heteroatoms. The monoisotopic (exact) mass is 453 g/mol. The average molecular weight is 453 g/mol. The number of hydrogen-bond acceptors (Lipinski definition) is 4. The van der Waals surface area contributed by atoms with Gasteiger partial charge in [0.25, 0.3) is 0 Å². The fourth-order valence-electron chi connectivity index (χ4n) is 1.88. The van der Waals surface area contributed by atoms with E-state index in [2.05, 4.69) is 27.5 Å². The molecule has 0 spiro atoms. The lowest BCUT2D eigenvalue weighted by atomic mass is 10.1. The fourth-order valence-corrected chi connectivity index (χ4v) is 2.68. The van der Waals surface area contributed by atoms with E-state index in [1.54, 1.807) is 23.3 Å². The highest BCUT2D eigenvalue weighted by Gasteiger charge is 2.16. The number of amides is 1. The molecule has 0 bridgehead atoms. The molecule has 0 fully saturated rings. The van der Waals surface area contributed by atoms with Crippen LogP contribution in [0.1, 0.15) is 37.6 Å². The summed E-state index contributed by atoms with van der Waals surface area (Å²) in [5, 5.41) is 7.19. The van der Waals surface area contributed by atoms with Crippen LogP contribution in [0.3, 0.4) is 0 Å². The minimum atomic E-state index is -0.230. The zero-order valence-electron chi connectivity index (χ0n) is 14.8. The number of carbonyl (C=O) groups excluding carboxylic acids is 1. The first-order chi connectivity index (χ1) is 10.2. The van der Waals surface area contributed by atoms with Crippen LogP contribution in [0.25, 0.3) is 0 Å². The topological polar surface area (TPSA) is 69.6 Å². The van der Waals surface area contributed by atoms with Crippen molar-refractivity contribution in [2.75, 3.05) is 20.6 Å². The maximum Gasteiger partial charge on any atom is 0.240 e. The first-order valence-corrected chi connectivity index (χ1v) is 8.23. The third-order valence-electron chi connectivity index (χ3n) is 2.82. The van der Waals surface area contributed by atoms with Crippen LogP contribution in [0.5, 0.6) is 0 Å². The van der Waals surface area contributed by atoms with Gasteiger partial charge < -0.3 is 15.5 Å². The average Bonchev–Trinajstić information content (AvgIpc) is 2.85. The summed E-state index contributed by atoms with van der Waals surface area (Å²) >= 11 is 1.69. The Balaban J connectivity index is 0.00000484. The van der Waals surface area contributed by atoms with Crippen LogP contribution in [-0.2, 0) is 17.8 Å². The number of rotatable bonds is 5. The van der Waals surface area contributed by atoms with Crippen LogP contribution in [0.4, 0.5) is 0 Å². The Bertz CT molecular complexity index is 524. The lowest BCUT2D eigenvalue weighted by Crippen LogP contribution is -2.48. The highest BCUT2D eigenvalue weighted by molar-refractivity contribution is 14.0. The van der Waals surface area contributed by atoms with Crippen LogP contribution in [0, 0.1) is 0 Å². The van der Waals surface area contributed by atoms with Gasteiger partial charge in [0.2, 0.25) is 5.91 Å². The summed E-state index contributed by atoms with van der Waals surface area (Å²) in [5.41, 5.74) is -0.230. The molecule has 1 aromatic heterocycles. The van der Waals surface area contributed by atoms with Gasteiger partial charge in [-0.15, -0.1) is 35.3 Å². The minimum Gasteiger partial charge on any atom is -0.350 e. The summed E-state index contributed by atoms with van der Waals surface area (Å²) in [7, 11) is 3.55. The van der Waals surface area contributed by atoms with E-state index in [-0.39, 0.29) is 42.0 Å². The van der Waals surface area contributed by atoms with Crippen molar-refractivity contribution in [1.82, 2.24) is 20.5 Å². The minimum absolute atomic E-state index is 0. The third kappa shape index (κ3) is 8.50. The molecule has 1 amide bonds. The van der Waals surface area contributed by atoms with Crippen LogP contribution in [0.15, 0.2) is 11.2 Å². The molecule has 1 aromatic rings. The summed E-state index contributed by atoms with van der Waals surface area (Å²) in [4.78, 5) is 23.6. The summed E-state index contributed by atoms with van der Waals surface area (Å²) in [6.07, 6.45) is 2.91. The second-order valence-corrected chi connectivity index (χ2v) is 7.33. The summed E-state index contributed by atoms with van der Waals surface area (Å²) in [6.45, 7) is 8.88. The molecule has 1 heterocycles. The van der Waals surface area contributed by atoms with Gasteiger partial charge in [0, 0.05) is 30.7 Å². The summed E-state index contributed by atoms with van der Waals surface area (Å²) in [5.74, 6) is 0.651. The molecule has 0 aliphatic carbocycles. The van der Waals surface area contributed by atoms with Gasteiger partial charge >= 0.3 is 0 Å². The van der Waals surface area contributed by atoms with Gasteiger partial charge in [-0.05, 0) is 27.2 Å². The molecule has 0 saturated heterocycles. The Morgan fingerprint density at radius 1 is 1.43 bits per heavy atom. The number of hydrogen-bond donors (Lipinski definition) is 2. The molecule has 0 aliphatic heterocycles. The highest BCUT2D eigenvalue weighted by Crippen LogP contribution is 2.12. The predicted octanol–water partition coefficient (Wildman–Crippen LogP) is 2.25. The van der Waals surface area contributed by atoms with E-state index >= 15 is 0 Å². The van der Waals surface area contributed by atoms with E-state index in [0.29, 0.717) is 12.5 Å².